The summed E-state index contributed by atoms with van der Waals surface area (Å²) in [5, 5.41) is 3.65. The standard InChI is InChI=1S/C19H37NO/c1-4-15-20-16-19(11-7-5-6-8-12-19)21-17-9-13-18(2,3)14-10-17/h17,20H,4-16H2,1-3H3. The van der Waals surface area contributed by atoms with Crippen molar-refractivity contribution in [3.63, 3.8) is 0 Å². The van der Waals surface area contributed by atoms with Gasteiger partial charge in [0.05, 0.1) is 11.7 Å². The van der Waals surface area contributed by atoms with Crippen LogP contribution in [0, 0.1) is 5.41 Å². The molecule has 0 aromatic heterocycles. The molecule has 2 aliphatic carbocycles. The van der Waals surface area contributed by atoms with Crippen LogP contribution in [0.15, 0.2) is 0 Å². The summed E-state index contributed by atoms with van der Waals surface area (Å²) in [6, 6.07) is 0. The second-order valence-corrected chi connectivity index (χ2v) is 8.26. The largest absolute Gasteiger partial charge is 0.370 e. The predicted molar refractivity (Wildman–Crippen MR) is 90.7 cm³/mol. The Kier molecular flexibility index (Phi) is 6.55. The van der Waals surface area contributed by atoms with E-state index in [0.29, 0.717) is 11.5 Å². The van der Waals surface area contributed by atoms with Gasteiger partial charge in [0, 0.05) is 6.54 Å². The van der Waals surface area contributed by atoms with Crippen molar-refractivity contribution in [1.29, 1.82) is 0 Å². The van der Waals surface area contributed by atoms with Crippen LogP contribution >= 0.6 is 0 Å². The Hall–Kier alpha value is -0.0800. The van der Waals surface area contributed by atoms with Gasteiger partial charge in [0.1, 0.15) is 0 Å². The summed E-state index contributed by atoms with van der Waals surface area (Å²) < 4.78 is 6.78. The zero-order valence-electron chi connectivity index (χ0n) is 14.7. The number of hydrogen-bond donors (Lipinski definition) is 1. The summed E-state index contributed by atoms with van der Waals surface area (Å²) in [6.07, 6.45) is 15.0. The Morgan fingerprint density at radius 1 is 0.952 bits per heavy atom. The van der Waals surface area contributed by atoms with Gasteiger partial charge in [-0.3, -0.25) is 0 Å². The highest BCUT2D eigenvalue weighted by atomic mass is 16.5. The lowest BCUT2D eigenvalue weighted by molar-refractivity contribution is -0.120. The third kappa shape index (κ3) is 5.56. The maximum atomic E-state index is 6.78. The van der Waals surface area contributed by atoms with Crippen LogP contribution in [-0.4, -0.2) is 24.8 Å². The molecule has 2 rings (SSSR count). The van der Waals surface area contributed by atoms with Crippen LogP contribution < -0.4 is 5.32 Å². The molecule has 0 atom stereocenters. The van der Waals surface area contributed by atoms with Crippen LogP contribution in [0.1, 0.15) is 91.4 Å². The van der Waals surface area contributed by atoms with E-state index in [1.165, 1.54) is 70.6 Å². The third-order valence-electron chi connectivity index (χ3n) is 5.59. The van der Waals surface area contributed by atoms with Crippen LogP contribution in [0.2, 0.25) is 0 Å². The van der Waals surface area contributed by atoms with Crippen LogP contribution in [0.3, 0.4) is 0 Å². The van der Waals surface area contributed by atoms with Gasteiger partial charge in [-0.2, -0.15) is 0 Å². The van der Waals surface area contributed by atoms with Gasteiger partial charge in [-0.25, -0.2) is 0 Å². The number of nitrogens with one attached hydrogen (secondary N) is 1. The average Bonchev–Trinajstić information content (AvgIpc) is 2.68. The SMILES string of the molecule is CCCNCC1(OC2CCC(C)(C)CC2)CCCCCC1. The molecular formula is C19H37NO. The number of hydrogen-bond acceptors (Lipinski definition) is 2. The van der Waals surface area contributed by atoms with Crippen molar-refractivity contribution in [1.82, 2.24) is 5.32 Å². The lowest BCUT2D eigenvalue weighted by Gasteiger charge is -2.41. The highest BCUT2D eigenvalue weighted by Gasteiger charge is 2.36. The predicted octanol–water partition coefficient (Wildman–Crippen LogP) is 5.06. The zero-order valence-corrected chi connectivity index (χ0v) is 14.7. The molecule has 124 valence electrons. The molecule has 0 spiro atoms. The van der Waals surface area contributed by atoms with Crippen LogP contribution in [0.25, 0.3) is 0 Å². The zero-order chi connectivity index (χ0) is 15.2. The van der Waals surface area contributed by atoms with Crippen LogP contribution in [0.4, 0.5) is 0 Å². The van der Waals surface area contributed by atoms with Crippen molar-refractivity contribution in [2.45, 2.75) is 103 Å². The molecule has 0 unspecified atom stereocenters. The smallest absolute Gasteiger partial charge is 0.0810 e. The van der Waals surface area contributed by atoms with Gasteiger partial charge in [-0.05, 0) is 56.9 Å². The third-order valence-corrected chi connectivity index (χ3v) is 5.59. The fourth-order valence-corrected chi connectivity index (χ4v) is 4.05. The van der Waals surface area contributed by atoms with Gasteiger partial charge < -0.3 is 10.1 Å². The van der Waals surface area contributed by atoms with Gasteiger partial charge in [0.15, 0.2) is 0 Å². The Balaban J connectivity index is 1.91. The van der Waals surface area contributed by atoms with E-state index in [-0.39, 0.29) is 5.60 Å². The molecule has 2 saturated carbocycles. The van der Waals surface area contributed by atoms with E-state index >= 15 is 0 Å². The van der Waals surface area contributed by atoms with Gasteiger partial charge in [0.2, 0.25) is 0 Å². The quantitative estimate of drug-likeness (QED) is 0.546. The molecule has 0 amide bonds. The van der Waals surface area contributed by atoms with Gasteiger partial charge in [-0.1, -0.05) is 46.5 Å². The lowest BCUT2D eigenvalue weighted by Crippen LogP contribution is -2.46. The first kappa shape index (κ1) is 17.3. The minimum absolute atomic E-state index is 0.137. The second-order valence-electron chi connectivity index (χ2n) is 8.26. The molecule has 2 fully saturated rings. The summed E-state index contributed by atoms with van der Waals surface area (Å²) in [6.45, 7) is 9.27. The Morgan fingerprint density at radius 3 is 2.14 bits per heavy atom. The summed E-state index contributed by atoms with van der Waals surface area (Å²) in [4.78, 5) is 0. The van der Waals surface area contributed by atoms with Crippen molar-refractivity contribution in [2.75, 3.05) is 13.1 Å². The fourth-order valence-electron chi connectivity index (χ4n) is 4.05. The van der Waals surface area contributed by atoms with Crippen LogP contribution in [0.5, 0.6) is 0 Å². The van der Waals surface area contributed by atoms with Crippen LogP contribution in [-0.2, 0) is 4.74 Å². The normalized spacial score (nSPS) is 26.4. The molecule has 0 bridgehead atoms. The topological polar surface area (TPSA) is 21.3 Å². The first-order valence-corrected chi connectivity index (χ1v) is 9.44. The second kappa shape index (κ2) is 7.97. The average molecular weight is 296 g/mol. The maximum absolute atomic E-state index is 6.78. The molecule has 0 radical (unpaired) electrons. The summed E-state index contributed by atoms with van der Waals surface area (Å²) in [7, 11) is 0. The summed E-state index contributed by atoms with van der Waals surface area (Å²) in [5.74, 6) is 0. The van der Waals surface area contributed by atoms with E-state index in [4.69, 9.17) is 4.74 Å². The summed E-state index contributed by atoms with van der Waals surface area (Å²) >= 11 is 0. The van der Waals surface area contributed by atoms with Gasteiger partial charge >= 0.3 is 0 Å². The summed E-state index contributed by atoms with van der Waals surface area (Å²) in [5.41, 5.74) is 0.675. The molecule has 0 saturated heterocycles. The molecule has 2 nitrogen and oxygen atoms in total. The van der Waals surface area contributed by atoms with E-state index in [2.05, 4.69) is 26.1 Å². The Labute approximate surface area is 132 Å². The molecule has 2 aliphatic rings. The van der Waals surface area contributed by atoms with Gasteiger partial charge in [-0.15, -0.1) is 0 Å². The molecule has 0 aromatic rings. The molecule has 1 N–H and O–H groups in total. The monoisotopic (exact) mass is 295 g/mol. The van der Waals surface area contributed by atoms with Gasteiger partial charge in [0.25, 0.3) is 0 Å². The fraction of sp³-hybridized carbons (Fsp3) is 1.00. The van der Waals surface area contributed by atoms with E-state index in [9.17, 15) is 0 Å². The highest BCUT2D eigenvalue weighted by Crippen LogP contribution is 2.39. The number of rotatable bonds is 6. The van der Waals surface area contributed by atoms with Crippen molar-refractivity contribution < 1.29 is 4.74 Å². The van der Waals surface area contributed by atoms with E-state index in [1.807, 2.05) is 0 Å². The molecule has 0 aliphatic heterocycles. The van der Waals surface area contributed by atoms with E-state index in [1.54, 1.807) is 0 Å². The molecular weight excluding hydrogens is 258 g/mol. The van der Waals surface area contributed by atoms with E-state index < -0.39 is 0 Å². The van der Waals surface area contributed by atoms with Crippen molar-refractivity contribution in [3.8, 4) is 0 Å². The Bertz CT molecular complexity index is 282. The lowest BCUT2D eigenvalue weighted by atomic mass is 9.76. The first-order chi connectivity index (χ1) is 10.1. The highest BCUT2D eigenvalue weighted by molar-refractivity contribution is 4.89. The minimum Gasteiger partial charge on any atom is -0.370 e. The molecule has 2 heteroatoms. The number of ether oxygens (including phenoxy) is 1. The first-order valence-electron chi connectivity index (χ1n) is 9.44. The van der Waals surface area contributed by atoms with Crippen molar-refractivity contribution >= 4 is 0 Å². The van der Waals surface area contributed by atoms with E-state index in [0.717, 1.165) is 13.1 Å². The molecule has 21 heavy (non-hydrogen) atoms. The maximum Gasteiger partial charge on any atom is 0.0810 e. The minimum atomic E-state index is 0.137. The Morgan fingerprint density at radius 2 is 1.57 bits per heavy atom. The van der Waals surface area contributed by atoms with Crippen molar-refractivity contribution in [2.24, 2.45) is 5.41 Å². The molecule has 0 heterocycles. The molecule has 0 aromatic carbocycles. The van der Waals surface area contributed by atoms with Crippen molar-refractivity contribution in [3.05, 3.63) is 0 Å².